The zero-order valence-corrected chi connectivity index (χ0v) is 29.8. The molecule has 272 valence electrons. The summed E-state index contributed by atoms with van der Waals surface area (Å²) >= 11 is 11.8. The molecule has 0 radical (unpaired) electrons. The molecular formula is C34H36Cl2F2N12O2. The summed E-state index contributed by atoms with van der Waals surface area (Å²) in [7, 11) is 0. The highest BCUT2D eigenvalue weighted by molar-refractivity contribution is 6.31. The van der Waals surface area contributed by atoms with Crippen molar-refractivity contribution in [2.75, 3.05) is 36.0 Å². The van der Waals surface area contributed by atoms with Crippen molar-refractivity contribution >= 4 is 46.4 Å². The lowest BCUT2D eigenvalue weighted by atomic mass is 9.91. The summed E-state index contributed by atoms with van der Waals surface area (Å²) in [6.45, 7) is 6.85. The molecule has 0 unspecified atom stereocenters. The fraction of sp³-hybridized carbons (Fsp3) is 0.353. The number of benzene rings is 2. The summed E-state index contributed by atoms with van der Waals surface area (Å²) in [6.07, 6.45) is 3.20. The molecule has 52 heavy (non-hydrogen) atoms. The zero-order chi connectivity index (χ0) is 36.9. The van der Waals surface area contributed by atoms with Gasteiger partial charge in [-0.3, -0.25) is 14.6 Å². The first kappa shape index (κ1) is 35.5. The SMILES string of the molecule is CC1(N)CCN(c2cc(=O)[nH]c3nnc(-c4cccc(Cl)c4F)n23)CC1.CC1(N)CCN(c2cc(=O)n3c(-c4cccc(Cl)c4F)n[nH]c3n2)CC1. The largest absolute Gasteiger partial charge is 0.357 e. The number of halogens is 4. The maximum Gasteiger partial charge on any atom is 0.262 e. The van der Waals surface area contributed by atoms with Gasteiger partial charge in [-0.1, -0.05) is 35.3 Å². The van der Waals surface area contributed by atoms with Crippen molar-refractivity contribution < 1.29 is 8.78 Å². The van der Waals surface area contributed by atoms with E-state index in [2.05, 4.69) is 30.4 Å². The van der Waals surface area contributed by atoms with Crippen LogP contribution in [0.4, 0.5) is 20.4 Å². The van der Waals surface area contributed by atoms with E-state index in [9.17, 15) is 18.4 Å². The number of aromatic nitrogens is 8. The van der Waals surface area contributed by atoms with Crippen LogP contribution in [0.3, 0.4) is 0 Å². The van der Waals surface area contributed by atoms with Crippen molar-refractivity contribution in [3.63, 3.8) is 0 Å². The Kier molecular flexibility index (Phi) is 9.27. The molecule has 8 rings (SSSR count). The van der Waals surface area contributed by atoms with Gasteiger partial charge in [-0.15, -0.1) is 10.2 Å². The fourth-order valence-electron chi connectivity index (χ4n) is 6.41. The average Bonchev–Trinajstić information content (AvgIpc) is 3.72. The van der Waals surface area contributed by atoms with Crippen molar-refractivity contribution in [3.8, 4) is 22.8 Å². The Morgan fingerprint density at radius 2 is 1.31 bits per heavy atom. The maximum atomic E-state index is 14.5. The quantitative estimate of drug-likeness (QED) is 0.201. The molecule has 0 amide bonds. The lowest BCUT2D eigenvalue weighted by Gasteiger charge is -2.38. The topological polar surface area (TPSA) is 185 Å². The van der Waals surface area contributed by atoms with E-state index in [-0.39, 0.29) is 66.6 Å². The van der Waals surface area contributed by atoms with E-state index in [1.165, 1.54) is 34.7 Å². The van der Waals surface area contributed by atoms with Gasteiger partial charge in [0.25, 0.3) is 11.1 Å². The fourth-order valence-corrected chi connectivity index (χ4v) is 6.76. The summed E-state index contributed by atoms with van der Waals surface area (Å²) in [6, 6.07) is 12.2. The molecule has 4 aromatic heterocycles. The lowest BCUT2D eigenvalue weighted by Crippen LogP contribution is -2.48. The number of nitrogens with zero attached hydrogens (tertiary/aromatic N) is 8. The Balaban J connectivity index is 0.000000162. The van der Waals surface area contributed by atoms with Gasteiger partial charge in [0.15, 0.2) is 23.3 Å². The second-order valence-electron chi connectivity index (χ2n) is 13.8. The Hall–Kier alpha value is -4.90. The van der Waals surface area contributed by atoms with Gasteiger partial charge in [0.2, 0.25) is 11.6 Å². The van der Waals surface area contributed by atoms with Crippen LogP contribution in [0.2, 0.25) is 10.0 Å². The minimum absolute atomic E-state index is 0.00194. The predicted molar refractivity (Wildman–Crippen MR) is 196 cm³/mol. The number of nitrogens with one attached hydrogen (secondary N) is 2. The van der Waals surface area contributed by atoms with Crippen molar-refractivity contribution in [3.05, 3.63) is 90.9 Å². The van der Waals surface area contributed by atoms with Crippen LogP contribution >= 0.6 is 23.2 Å². The lowest BCUT2D eigenvalue weighted by molar-refractivity contribution is 0.362. The Morgan fingerprint density at radius 3 is 1.90 bits per heavy atom. The second kappa shape index (κ2) is 13.6. The first-order valence-electron chi connectivity index (χ1n) is 16.6. The molecular weight excluding hydrogens is 717 g/mol. The highest BCUT2D eigenvalue weighted by Crippen LogP contribution is 2.31. The molecule has 2 aromatic carbocycles. The number of hydrogen-bond acceptors (Lipinski definition) is 10. The first-order chi connectivity index (χ1) is 24.7. The van der Waals surface area contributed by atoms with Crippen LogP contribution in [0.25, 0.3) is 34.3 Å². The molecule has 2 fully saturated rings. The van der Waals surface area contributed by atoms with Crippen molar-refractivity contribution in [1.29, 1.82) is 0 Å². The van der Waals surface area contributed by atoms with E-state index in [4.69, 9.17) is 34.7 Å². The van der Waals surface area contributed by atoms with Crippen LogP contribution in [0.15, 0.2) is 58.1 Å². The standard InChI is InChI=1S/2C17H18ClFN6O/c1-17(20)5-7-24(8-6-17)13-9-12(26)21-16-23-22-15(25(13)16)10-3-2-4-11(18)14(10)19;1-17(20)5-7-24(8-6-17)12-9-13(26)25-15(22-23-16(25)21-12)10-3-2-4-11(18)14(10)19/h2-4,9H,5-8,20H2,1H3,(H,21,23,26);2-4,9H,5-8,20H2,1H3,(H,21,23). The van der Waals surface area contributed by atoms with E-state index in [0.717, 1.165) is 38.8 Å². The number of fused-ring (bicyclic) bond motifs is 2. The molecule has 14 nitrogen and oxygen atoms in total. The van der Waals surface area contributed by atoms with Crippen molar-refractivity contribution in [2.24, 2.45) is 11.5 Å². The van der Waals surface area contributed by atoms with Gasteiger partial charge in [-0.05, 0) is 63.8 Å². The van der Waals surface area contributed by atoms with Gasteiger partial charge >= 0.3 is 0 Å². The summed E-state index contributed by atoms with van der Waals surface area (Å²) < 4.78 is 31.8. The summed E-state index contributed by atoms with van der Waals surface area (Å²) in [5, 5.41) is 14.8. The third-order valence-electron chi connectivity index (χ3n) is 9.61. The van der Waals surface area contributed by atoms with E-state index < -0.39 is 11.6 Å². The number of piperidine rings is 2. The van der Waals surface area contributed by atoms with E-state index >= 15 is 0 Å². The van der Waals surface area contributed by atoms with E-state index in [1.807, 2.05) is 23.6 Å². The smallest absolute Gasteiger partial charge is 0.262 e. The van der Waals surface area contributed by atoms with E-state index in [1.54, 1.807) is 22.6 Å². The van der Waals surface area contributed by atoms with Crippen LogP contribution in [0.1, 0.15) is 39.5 Å². The Bertz CT molecular complexity index is 2400. The molecule has 0 bridgehead atoms. The van der Waals surface area contributed by atoms with Crippen LogP contribution in [0.5, 0.6) is 0 Å². The van der Waals surface area contributed by atoms with Gasteiger partial charge in [-0.2, -0.15) is 10.1 Å². The summed E-state index contributed by atoms with van der Waals surface area (Å²) in [5.41, 5.74) is 11.7. The molecule has 18 heteroatoms. The molecule has 0 spiro atoms. The van der Waals surface area contributed by atoms with Gasteiger partial charge in [0, 0.05) is 49.4 Å². The van der Waals surface area contributed by atoms with Crippen LogP contribution < -0.4 is 32.4 Å². The highest BCUT2D eigenvalue weighted by atomic mass is 35.5. The molecule has 2 saturated heterocycles. The molecule has 6 heterocycles. The molecule has 0 aliphatic carbocycles. The van der Waals surface area contributed by atoms with Crippen LogP contribution in [0, 0.1) is 11.6 Å². The highest BCUT2D eigenvalue weighted by Gasteiger charge is 2.29. The molecule has 0 saturated carbocycles. The molecule has 6 N–H and O–H groups in total. The predicted octanol–water partition coefficient (Wildman–Crippen LogP) is 4.39. The minimum atomic E-state index is -0.628. The van der Waals surface area contributed by atoms with Gasteiger partial charge in [0.05, 0.1) is 21.2 Å². The summed E-state index contributed by atoms with van der Waals surface area (Å²) in [5.74, 6) is 0.895. The second-order valence-corrected chi connectivity index (χ2v) is 14.6. The number of anilines is 2. The minimum Gasteiger partial charge on any atom is -0.357 e. The first-order valence-corrected chi connectivity index (χ1v) is 17.4. The van der Waals surface area contributed by atoms with Crippen LogP contribution in [-0.2, 0) is 0 Å². The number of hydrogen-bond donors (Lipinski definition) is 4. The number of rotatable bonds is 4. The maximum absolute atomic E-state index is 14.5. The average molecular weight is 754 g/mol. The monoisotopic (exact) mass is 752 g/mol. The number of aromatic amines is 2. The molecule has 6 aromatic rings. The zero-order valence-electron chi connectivity index (χ0n) is 28.3. The van der Waals surface area contributed by atoms with E-state index in [0.29, 0.717) is 24.7 Å². The molecule has 0 atom stereocenters. The van der Waals surface area contributed by atoms with Gasteiger partial charge in [-0.25, -0.2) is 22.7 Å². The Morgan fingerprint density at radius 1 is 0.750 bits per heavy atom. The Labute approximate surface area is 305 Å². The van der Waals surface area contributed by atoms with Crippen molar-refractivity contribution in [1.82, 2.24) is 39.2 Å². The molecule has 2 aliphatic heterocycles. The van der Waals surface area contributed by atoms with Gasteiger partial charge in [0.1, 0.15) is 11.6 Å². The third kappa shape index (κ3) is 6.86. The third-order valence-corrected chi connectivity index (χ3v) is 10.2. The normalized spacial score (nSPS) is 17.0. The summed E-state index contributed by atoms with van der Waals surface area (Å²) in [4.78, 5) is 35.9. The van der Waals surface area contributed by atoms with Gasteiger partial charge < -0.3 is 21.3 Å². The van der Waals surface area contributed by atoms with Crippen LogP contribution in [-0.4, -0.2) is 76.4 Å². The molecule has 2 aliphatic rings. The number of nitrogens with two attached hydrogens (primary N) is 2. The number of H-pyrrole nitrogens is 2. The van der Waals surface area contributed by atoms with Crippen molar-refractivity contribution in [2.45, 2.75) is 50.6 Å².